The van der Waals surface area contributed by atoms with Gasteiger partial charge in [-0.15, -0.1) is 0 Å². The molecule has 1 saturated heterocycles. The van der Waals surface area contributed by atoms with Gasteiger partial charge in [0.05, 0.1) is 12.1 Å². The summed E-state index contributed by atoms with van der Waals surface area (Å²) in [5.74, 6) is 0. The molecule has 1 aromatic carbocycles. The summed E-state index contributed by atoms with van der Waals surface area (Å²) >= 11 is 3.48. The molecule has 0 saturated carbocycles. The molecule has 0 aromatic heterocycles. The van der Waals surface area contributed by atoms with E-state index >= 15 is 0 Å². The van der Waals surface area contributed by atoms with Crippen LogP contribution in [0.4, 0.5) is 0 Å². The van der Waals surface area contributed by atoms with Gasteiger partial charge in [-0.1, -0.05) is 34.1 Å². The second kappa shape index (κ2) is 3.78. The van der Waals surface area contributed by atoms with E-state index in [9.17, 15) is 5.11 Å². The Labute approximate surface area is 86.1 Å². The van der Waals surface area contributed by atoms with Crippen LogP contribution in [0, 0.1) is 0 Å². The van der Waals surface area contributed by atoms with Gasteiger partial charge < -0.3 is 10.4 Å². The molecule has 70 valence electrons. The lowest BCUT2D eigenvalue weighted by Crippen LogP contribution is -2.21. The van der Waals surface area contributed by atoms with Crippen molar-refractivity contribution in [1.82, 2.24) is 5.32 Å². The average molecular weight is 242 g/mol. The van der Waals surface area contributed by atoms with Gasteiger partial charge in [0.15, 0.2) is 0 Å². The lowest BCUT2D eigenvalue weighted by Gasteiger charge is -2.16. The van der Waals surface area contributed by atoms with Crippen molar-refractivity contribution in [1.29, 1.82) is 0 Å². The Hall–Kier alpha value is -0.380. The predicted octanol–water partition coefficient (Wildman–Crippen LogP) is 1.84. The van der Waals surface area contributed by atoms with Crippen LogP contribution in [0.15, 0.2) is 28.7 Å². The second-order valence-corrected chi connectivity index (χ2v) is 4.16. The van der Waals surface area contributed by atoms with Crippen LogP contribution in [0.3, 0.4) is 0 Å². The first-order chi connectivity index (χ1) is 6.29. The summed E-state index contributed by atoms with van der Waals surface area (Å²) in [6, 6.07) is 8.11. The van der Waals surface area contributed by atoms with Gasteiger partial charge in [-0.05, 0) is 24.6 Å². The number of hydrogen-bond acceptors (Lipinski definition) is 2. The van der Waals surface area contributed by atoms with Crippen molar-refractivity contribution in [2.24, 2.45) is 0 Å². The van der Waals surface area contributed by atoms with Gasteiger partial charge in [-0.3, -0.25) is 0 Å². The maximum atomic E-state index is 9.68. The highest BCUT2D eigenvalue weighted by Crippen LogP contribution is 2.29. The molecule has 0 radical (unpaired) electrons. The normalized spacial score (nSPS) is 27.8. The summed E-state index contributed by atoms with van der Waals surface area (Å²) in [6.07, 6.45) is 0.588. The SMILES string of the molecule is O[C@H]1CCN[C@@H]1c1ccccc1Br. The fourth-order valence-corrected chi connectivity index (χ4v) is 2.27. The highest BCUT2D eigenvalue weighted by atomic mass is 79.9. The van der Waals surface area contributed by atoms with Gasteiger partial charge in [-0.25, -0.2) is 0 Å². The van der Waals surface area contributed by atoms with Crippen LogP contribution in [-0.4, -0.2) is 17.8 Å². The van der Waals surface area contributed by atoms with E-state index in [1.807, 2.05) is 24.3 Å². The van der Waals surface area contributed by atoms with Gasteiger partial charge in [-0.2, -0.15) is 0 Å². The molecule has 0 bridgehead atoms. The standard InChI is InChI=1S/C10H12BrNO/c11-8-4-2-1-3-7(8)10-9(13)5-6-12-10/h1-4,9-10,12-13H,5-6H2/t9-,10+/m0/s1. The summed E-state index contributed by atoms with van der Waals surface area (Å²) < 4.78 is 1.06. The monoisotopic (exact) mass is 241 g/mol. The lowest BCUT2D eigenvalue weighted by molar-refractivity contribution is 0.160. The minimum absolute atomic E-state index is 0.0931. The molecular weight excluding hydrogens is 230 g/mol. The molecule has 1 heterocycles. The Kier molecular flexibility index (Phi) is 2.67. The van der Waals surface area contributed by atoms with Crippen LogP contribution in [0.5, 0.6) is 0 Å². The minimum atomic E-state index is -0.251. The number of aliphatic hydroxyl groups is 1. The summed E-state index contributed by atoms with van der Waals surface area (Å²) in [6.45, 7) is 0.896. The summed E-state index contributed by atoms with van der Waals surface area (Å²) in [5.41, 5.74) is 1.15. The molecule has 1 fully saturated rings. The number of nitrogens with one attached hydrogen (secondary N) is 1. The fourth-order valence-electron chi connectivity index (χ4n) is 1.73. The number of hydrogen-bond donors (Lipinski definition) is 2. The smallest absolute Gasteiger partial charge is 0.0747 e. The molecule has 3 heteroatoms. The summed E-state index contributed by atoms with van der Waals surface area (Å²) in [4.78, 5) is 0. The third-order valence-electron chi connectivity index (χ3n) is 2.43. The zero-order valence-corrected chi connectivity index (χ0v) is 8.79. The first kappa shape index (κ1) is 9.19. The Morgan fingerprint density at radius 1 is 1.38 bits per heavy atom. The Morgan fingerprint density at radius 3 is 2.77 bits per heavy atom. The van der Waals surface area contributed by atoms with Crippen molar-refractivity contribution in [2.45, 2.75) is 18.6 Å². The topological polar surface area (TPSA) is 32.3 Å². The third kappa shape index (κ3) is 1.77. The van der Waals surface area contributed by atoms with Crippen molar-refractivity contribution in [3.05, 3.63) is 34.3 Å². The Balaban J connectivity index is 2.29. The van der Waals surface area contributed by atoms with Crippen molar-refractivity contribution in [3.63, 3.8) is 0 Å². The van der Waals surface area contributed by atoms with E-state index in [-0.39, 0.29) is 12.1 Å². The maximum Gasteiger partial charge on any atom is 0.0747 e. The van der Waals surface area contributed by atoms with Crippen molar-refractivity contribution in [2.75, 3.05) is 6.54 Å². The van der Waals surface area contributed by atoms with E-state index < -0.39 is 0 Å². The van der Waals surface area contributed by atoms with Crippen LogP contribution < -0.4 is 5.32 Å². The molecule has 0 amide bonds. The van der Waals surface area contributed by atoms with Crippen LogP contribution in [0.1, 0.15) is 18.0 Å². The summed E-state index contributed by atoms with van der Waals surface area (Å²) in [7, 11) is 0. The number of rotatable bonds is 1. The van der Waals surface area contributed by atoms with Crippen molar-refractivity contribution in [3.8, 4) is 0 Å². The van der Waals surface area contributed by atoms with Crippen LogP contribution in [-0.2, 0) is 0 Å². The number of benzene rings is 1. The van der Waals surface area contributed by atoms with Gasteiger partial charge in [0.1, 0.15) is 0 Å². The third-order valence-corrected chi connectivity index (χ3v) is 3.15. The molecule has 0 unspecified atom stereocenters. The van der Waals surface area contributed by atoms with E-state index in [4.69, 9.17) is 0 Å². The molecular formula is C10H12BrNO. The maximum absolute atomic E-state index is 9.68. The largest absolute Gasteiger partial charge is 0.391 e. The molecule has 0 spiro atoms. The van der Waals surface area contributed by atoms with Gasteiger partial charge in [0.2, 0.25) is 0 Å². The van der Waals surface area contributed by atoms with Gasteiger partial charge >= 0.3 is 0 Å². The zero-order chi connectivity index (χ0) is 9.26. The van der Waals surface area contributed by atoms with Gasteiger partial charge in [0, 0.05) is 4.47 Å². The number of aliphatic hydroxyl groups excluding tert-OH is 1. The summed E-state index contributed by atoms with van der Waals surface area (Å²) in [5, 5.41) is 13.0. The lowest BCUT2D eigenvalue weighted by atomic mass is 10.0. The molecule has 2 rings (SSSR count). The fraction of sp³-hybridized carbons (Fsp3) is 0.400. The van der Waals surface area contributed by atoms with Crippen molar-refractivity contribution >= 4 is 15.9 Å². The highest BCUT2D eigenvalue weighted by molar-refractivity contribution is 9.10. The Bertz CT molecular complexity index is 303. The van der Waals surface area contributed by atoms with Crippen LogP contribution in [0.2, 0.25) is 0 Å². The zero-order valence-electron chi connectivity index (χ0n) is 7.20. The number of halogens is 1. The van der Waals surface area contributed by atoms with E-state index in [2.05, 4.69) is 21.2 Å². The van der Waals surface area contributed by atoms with Crippen LogP contribution in [0.25, 0.3) is 0 Å². The molecule has 2 N–H and O–H groups in total. The first-order valence-electron chi connectivity index (χ1n) is 4.45. The van der Waals surface area contributed by atoms with Crippen LogP contribution >= 0.6 is 15.9 Å². The Morgan fingerprint density at radius 2 is 2.15 bits per heavy atom. The molecule has 13 heavy (non-hydrogen) atoms. The minimum Gasteiger partial charge on any atom is -0.391 e. The molecule has 1 aliphatic heterocycles. The molecule has 0 aliphatic carbocycles. The van der Waals surface area contributed by atoms with E-state index in [0.717, 1.165) is 23.0 Å². The predicted molar refractivity (Wildman–Crippen MR) is 55.5 cm³/mol. The molecule has 1 aliphatic rings. The molecule has 1 aromatic rings. The van der Waals surface area contributed by atoms with E-state index in [1.165, 1.54) is 0 Å². The highest BCUT2D eigenvalue weighted by Gasteiger charge is 2.27. The van der Waals surface area contributed by atoms with Crippen molar-refractivity contribution < 1.29 is 5.11 Å². The quantitative estimate of drug-likeness (QED) is 0.787. The molecule has 2 nitrogen and oxygen atoms in total. The van der Waals surface area contributed by atoms with Gasteiger partial charge in [0.25, 0.3) is 0 Å². The first-order valence-corrected chi connectivity index (χ1v) is 5.24. The second-order valence-electron chi connectivity index (χ2n) is 3.31. The molecule has 2 atom stereocenters. The van der Waals surface area contributed by atoms with E-state index in [0.29, 0.717) is 0 Å². The van der Waals surface area contributed by atoms with E-state index in [1.54, 1.807) is 0 Å². The average Bonchev–Trinajstić information content (AvgIpc) is 2.52.